The molecule has 1 aliphatic heterocycles. The topological polar surface area (TPSA) is 58.6 Å². The fourth-order valence-corrected chi connectivity index (χ4v) is 4.10. The predicted octanol–water partition coefficient (Wildman–Crippen LogP) is 3.61. The lowest BCUT2D eigenvalue weighted by molar-refractivity contribution is -0.127. The van der Waals surface area contributed by atoms with Crippen LogP contribution in [-0.4, -0.2) is 41.6 Å². The van der Waals surface area contributed by atoms with Crippen molar-refractivity contribution < 1.29 is 14.3 Å². The molecule has 0 bridgehead atoms. The highest BCUT2D eigenvalue weighted by molar-refractivity contribution is 6.31. The van der Waals surface area contributed by atoms with Crippen LogP contribution in [0.5, 0.6) is 0 Å². The van der Waals surface area contributed by atoms with Crippen molar-refractivity contribution in [1.82, 2.24) is 10.2 Å². The van der Waals surface area contributed by atoms with Gasteiger partial charge >= 0.3 is 0 Å². The molecule has 26 heavy (non-hydrogen) atoms. The van der Waals surface area contributed by atoms with Crippen molar-refractivity contribution in [2.75, 3.05) is 13.2 Å². The summed E-state index contributed by atoms with van der Waals surface area (Å²) < 4.78 is 6.14. The number of rotatable bonds is 4. The van der Waals surface area contributed by atoms with Gasteiger partial charge in [0.2, 0.25) is 5.91 Å². The number of amides is 2. The lowest BCUT2D eigenvalue weighted by atomic mass is 9.83. The van der Waals surface area contributed by atoms with Crippen molar-refractivity contribution in [2.45, 2.75) is 57.7 Å². The van der Waals surface area contributed by atoms with Crippen molar-refractivity contribution >= 4 is 23.4 Å². The van der Waals surface area contributed by atoms with Crippen LogP contribution in [-0.2, 0) is 9.53 Å². The molecule has 2 amide bonds. The first-order valence-electron chi connectivity index (χ1n) is 9.48. The first kappa shape index (κ1) is 19.2. The number of ether oxygens (including phenoxy) is 1. The third-order valence-electron chi connectivity index (χ3n) is 5.46. The maximum absolute atomic E-state index is 13.4. The van der Waals surface area contributed by atoms with Gasteiger partial charge in [0.15, 0.2) is 0 Å². The van der Waals surface area contributed by atoms with Gasteiger partial charge in [0.1, 0.15) is 11.8 Å². The Morgan fingerprint density at radius 1 is 1.35 bits per heavy atom. The zero-order chi connectivity index (χ0) is 18.7. The summed E-state index contributed by atoms with van der Waals surface area (Å²) in [6.45, 7) is 5.06. The van der Waals surface area contributed by atoms with Crippen molar-refractivity contribution in [3.05, 3.63) is 34.9 Å². The first-order valence-corrected chi connectivity index (χ1v) is 9.85. The van der Waals surface area contributed by atoms with Crippen LogP contribution in [0, 0.1) is 5.92 Å². The van der Waals surface area contributed by atoms with Gasteiger partial charge in [-0.1, -0.05) is 31.5 Å². The minimum absolute atomic E-state index is 0.141. The summed E-state index contributed by atoms with van der Waals surface area (Å²) in [4.78, 5) is 27.7. The van der Waals surface area contributed by atoms with Gasteiger partial charge in [-0.25, -0.2) is 0 Å². The Labute approximate surface area is 160 Å². The minimum Gasteiger partial charge on any atom is -0.354 e. The van der Waals surface area contributed by atoms with Crippen LogP contribution < -0.4 is 5.32 Å². The normalized spacial score (nSPS) is 28.3. The van der Waals surface area contributed by atoms with Crippen LogP contribution in [0.3, 0.4) is 0 Å². The molecule has 0 radical (unpaired) electrons. The summed E-state index contributed by atoms with van der Waals surface area (Å²) in [6, 6.07) is 6.30. The standard InChI is InChI=1S/C20H27ClN2O3/c1-3-11-22-18(24)17-13-26-20(9-7-14(2)8-10-20)23(17)19(25)15-5-4-6-16(21)12-15/h4-6,12,14,17H,3,7-11,13H2,1-2H3,(H,22,24)/t14?,17-,20?/m1/s1. The summed E-state index contributed by atoms with van der Waals surface area (Å²) in [5.74, 6) is 0.286. The number of nitrogens with zero attached hydrogens (tertiary/aromatic N) is 1. The summed E-state index contributed by atoms with van der Waals surface area (Å²) in [6.07, 6.45) is 4.35. The molecule has 0 aromatic heterocycles. The molecule has 2 fully saturated rings. The molecular weight excluding hydrogens is 352 g/mol. The lowest BCUT2D eigenvalue weighted by Crippen LogP contribution is -2.56. The van der Waals surface area contributed by atoms with E-state index in [0.29, 0.717) is 23.0 Å². The highest BCUT2D eigenvalue weighted by atomic mass is 35.5. The van der Waals surface area contributed by atoms with Crippen LogP contribution in [0.25, 0.3) is 0 Å². The largest absolute Gasteiger partial charge is 0.354 e. The second-order valence-electron chi connectivity index (χ2n) is 7.43. The maximum Gasteiger partial charge on any atom is 0.256 e. The fraction of sp³-hybridized carbons (Fsp3) is 0.600. The zero-order valence-electron chi connectivity index (χ0n) is 15.5. The van der Waals surface area contributed by atoms with Crippen LogP contribution in [0.1, 0.15) is 56.3 Å². The van der Waals surface area contributed by atoms with Gasteiger partial charge in [-0.05, 0) is 56.2 Å². The fourth-order valence-electron chi connectivity index (χ4n) is 3.91. The average Bonchev–Trinajstić information content (AvgIpc) is 3.00. The Morgan fingerprint density at radius 3 is 2.73 bits per heavy atom. The van der Waals surface area contributed by atoms with E-state index >= 15 is 0 Å². The Kier molecular flexibility index (Phi) is 5.88. The van der Waals surface area contributed by atoms with Gasteiger partial charge in [0.05, 0.1) is 6.61 Å². The van der Waals surface area contributed by atoms with E-state index in [9.17, 15) is 9.59 Å². The molecular formula is C20H27ClN2O3. The zero-order valence-corrected chi connectivity index (χ0v) is 16.2. The second-order valence-corrected chi connectivity index (χ2v) is 7.87. The molecule has 1 aromatic carbocycles. The molecule has 1 spiro atoms. The monoisotopic (exact) mass is 378 g/mol. The van der Waals surface area contributed by atoms with Gasteiger partial charge in [0, 0.05) is 17.1 Å². The number of carbonyl (C=O) groups excluding carboxylic acids is 2. The summed E-state index contributed by atoms with van der Waals surface area (Å²) in [5, 5.41) is 3.42. The van der Waals surface area contributed by atoms with Gasteiger partial charge in [-0.2, -0.15) is 0 Å². The van der Waals surface area contributed by atoms with Crippen LogP contribution in [0.15, 0.2) is 24.3 Å². The molecule has 3 rings (SSSR count). The number of nitrogens with one attached hydrogen (secondary N) is 1. The first-order chi connectivity index (χ1) is 12.5. The van der Waals surface area contributed by atoms with Crippen LogP contribution in [0.2, 0.25) is 5.02 Å². The number of hydrogen-bond acceptors (Lipinski definition) is 3. The third kappa shape index (κ3) is 3.74. The molecule has 1 heterocycles. The third-order valence-corrected chi connectivity index (χ3v) is 5.69. The van der Waals surface area contributed by atoms with E-state index in [1.54, 1.807) is 29.2 Å². The Balaban J connectivity index is 1.91. The summed E-state index contributed by atoms with van der Waals surface area (Å²) in [5.41, 5.74) is -0.186. The Bertz CT molecular complexity index is 671. The van der Waals surface area contributed by atoms with Crippen LogP contribution in [0.4, 0.5) is 0 Å². The summed E-state index contributed by atoms with van der Waals surface area (Å²) >= 11 is 6.08. The second kappa shape index (κ2) is 7.97. The van der Waals surface area contributed by atoms with E-state index in [4.69, 9.17) is 16.3 Å². The van der Waals surface area contributed by atoms with E-state index < -0.39 is 11.8 Å². The van der Waals surface area contributed by atoms with E-state index in [1.807, 2.05) is 6.92 Å². The van der Waals surface area contributed by atoms with Crippen molar-refractivity contribution in [1.29, 1.82) is 0 Å². The van der Waals surface area contributed by atoms with Crippen LogP contribution >= 0.6 is 11.6 Å². The highest BCUT2D eigenvalue weighted by Crippen LogP contribution is 2.43. The van der Waals surface area contributed by atoms with Crippen molar-refractivity contribution in [2.24, 2.45) is 5.92 Å². The van der Waals surface area contributed by atoms with E-state index in [0.717, 1.165) is 32.1 Å². The molecule has 6 heteroatoms. The quantitative estimate of drug-likeness (QED) is 0.870. The van der Waals surface area contributed by atoms with Gasteiger partial charge < -0.3 is 10.1 Å². The Morgan fingerprint density at radius 2 is 2.08 bits per heavy atom. The Hall–Kier alpha value is -1.59. The molecule has 2 aliphatic rings. The molecule has 5 nitrogen and oxygen atoms in total. The van der Waals surface area contributed by atoms with E-state index in [2.05, 4.69) is 12.2 Å². The molecule has 1 saturated heterocycles. The van der Waals surface area contributed by atoms with Crippen molar-refractivity contribution in [3.63, 3.8) is 0 Å². The molecule has 1 aromatic rings. The summed E-state index contributed by atoms with van der Waals surface area (Å²) in [7, 11) is 0. The highest BCUT2D eigenvalue weighted by Gasteiger charge is 2.53. The maximum atomic E-state index is 13.4. The molecule has 1 N–H and O–H groups in total. The molecule has 0 unspecified atom stereocenters. The SMILES string of the molecule is CCCNC(=O)[C@H]1COC2(CCC(C)CC2)N1C(=O)c1cccc(Cl)c1. The number of hydrogen-bond donors (Lipinski definition) is 1. The number of carbonyl (C=O) groups is 2. The number of halogens is 1. The minimum atomic E-state index is -0.680. The predicted molar refractivity (Wildman–Crippen MR) is 101 cm³/mol. The van der Waals surface area contributed by atoms with Gasteiger partial charge in [0.25, 0.3) is 5.91 Å². The van der Waals surface area contributed by atoms with Gasteiger partial charge in [-0.15, -0.1) is 0 Å². The van der Waals surface area contributed by atoms with Crippen molar-refractivity contribution in [3.8, 4) is 0 Å². The average molecular weight is 379 g/mol. The lowest BCUT2D eigenvalue weighted by Gasteiger charge is -2.43. The smallest absolute Gasteiger partial charge is 0.256 e. The number of benzene rings is 1. The van der Waals surface area contributed by atoms with E-state index in [1.165, 1.54) is 0 Å². The molecule has 1 aliphatic carbocycles. The van der Waals surface area contributed by atoms with Gasteiger partial charge in [-0.3, -0.25) is 14.5 Å². The molecule has 1 saturated carbocycles. The molecule has 1 atom stereocenters. The molecule has 142 valence electrons. The van der Waals surface area contributed by atoms with E-state index in [-0.39, 0.29) is 18.4 Å².